The fourth-order valence-corrected chi connectivity index (χ4v) is 2.64. The van der Waals surface area contributed by atoms with Crippen LogP contribution in [0.4, 0.5) is 0 Å². The highest BCUT2D eigenvalue weighted by Gasteiger charge is 2.05. The second-order valence-electron chi connectivity index (χ2n) is 5.18. The molecule has 2 aromatic carbocycles. The quantitative estimate of drug-likeness (QED) is 0.567. The van der Waals surface area contributed by atoms with Gasteiger partial charge in [-0.3, -0.25) is 4.57 Å². The molecule has 2 heterocycles. The van der Waals surface area contributed by atoms with Gasteiger partial charge in [-0.25, -0.2) is 4.98 Å². The lowest BCUT2D eigenvalue weighted by molar-refractivity contribution is 0.576. The van der Waals surface area contributed by atoms with E-state index in [0.717, 1.165) is 38.3 Å². The summed E-state index contributed by atoms with van der Waals surface area (Å²) in [5.41, 5.74) is 4.31. The fourth-order valence-electron chi connectivity index (χ4n) is 2.64. The first kappa shape index (κ1) is 12.7. The Morgan fingerprint density at radius 1 is 1.09 bits per heavy atom. The second kappa shape index (κ2) is 4.74. The van der Waals surface area contributed by atoms with Gasteiger partial charge in [-0.15, -0.1) is 0 Å². The number of rotatable bonds is 2. The highest BCUT2D eigenvalue weighted by atomic mass is 16.3. The summed E-state index contributed by atoms with van der Waals surface area (Å²) in [6, 6.07) is 15.8. The van der Waals surface area contributed by atoms with Crippen molar-refractivity contribution in [3.05, 3.63) is 72.1 Å². The predicted molar refractivity (Wildman–Crippen MR) is 90.5 cm³/mol. The number of fused-ring (bicyclic) bond motifs is 2. The molecular formula is C19H14N2O. The number of benzene rings is 2. The molecule has 0 bridgehead atoms. The van der Waals surface area contributed by atoms with E-state index < -0.39 is 0 Å². The Hall–Kier alpha value is -3.07. The van der Waals surface area contributed by atoms with E-state index >= 15 is 0 Å². The third-order valence-electron chi connectivity index (χ3n) is 3.79. The SMILES string of the molecule is C=C(/C=c1/oc2ccccc2c1=C)n1cnc2ccccc21. The molecule has 4 aromatic rings. The van der Waals surface area contributed by atoms with E-state index in [2.05, 4.69) is 18.1 Å². The van der Waals surface area contributed by atoms with Crippen molar-refractivity contribution < 1.29 is 4.42 Å². The Morgan fingerprint density at radius 3 is 2.73 bits per heavy atom. The molecule has 106 valence electrons. The minimum atomic E-state index is 0.726. The average Bonchev–Trinajstić information content (AvgIpc) is 3.10. The molecular weight excluding hydrogens is 272 g/mol. The van der Waals surface area contributed by atoms with Crippen molar-refractivity contribution in [2.75, 3.05) is 0 Å². The number of para-hydroxylation sites is 3. The predicted octanol–water partition coefficient (Wildman–Crippen LogP) is 3.14. The molecule has 0 fully saturated rings. The summed E-state index contributed by atoms with van der Waals surface area (Å²) in [4.78, 5) is 4.38. The largest absolute Gasteiger partial charge is 0.456 e. The molecule has 0 aliphatic carbocycles. The minimum Gasteiger partial charge on any atom is -0.456 e. The molecule has 0 atom stereocenters. The van der Waals surface area contributed by atoms with Crippen LogP contribution in [0.25, 0.3) is 40.4 Å². The third kappa shape index (κ3) is 1.87. The van der Waals surface area contributed by atoms with Gasteiger partial charge < -0.3 is 4.42 Å². The molecule has 0 radical (unpaired) electrons. The van der Waals surface area contributed by atoms with Crippen molar-refractivity contribution in [1.82, 2.24) is 9.55 Å². The Balaban J connectivity index is 1.89. The number of imidazole rings is 1. The molecule has 22 heavy (non-hydrogen) atoms. The van der Waals surface area contributed by atoms with E-state index in [-0.39, 0.29) is 0 Å². The smallest absolute Gasteiger partial charge is 0.136 e. The molecule has 2 aromatic heterocycles. The van der Waals surface area contributed by atoms with Crippen LogP contribution in [0.15, 0.2) is 65.9 Å². The summed E-state index contributed by atoms with van der Waals surface area (Å²) in [5.74, 6) is 0. The van der Waals surface area contributed by atoms with Crippen molar-refractivity contribution >= 4 is 40.4 Å². The molecule has 0 saturated heterocycles. The van der Waals surface area contributed by atoms with Crippen LogP contribution < -0.4 is 10.6 Å². The lowest BCUT2D eigenvalue weighted by Crippen LogP contribution is -2.18. The van der Waals surface area contributed by atoms with Crippen molar-refractivity contribution in [2.24, 2.45) is 0 Å². The van der Waals surface area contributed by atoms with Crippen molar-refractivity contribution in [1.29, 1.82) is 0 Å². The van der Waals surface area contributed by atoms with Gasteiger partial charge in [-0.05, 0) is 18.2 Å². The maximum Gasteiger partial charge on any atom is 0.136 e. The number of allylic oxidation sites excluding steroid dienone is 1. The molecule has 0 saturated carbocycles. The monoisotopic (exact) mass is 286 g/mol. The summed E-state index contributed by atoms with van der Waals surface area (Å²) < 4.78 is 7.81. The van der Waals surface area contributed by atoms with Crippen molar-refractivity contribution in [3.8, 4) is 0 Å². The van der Waals surface area contributed by atoms with Crippen LogP contribution in [0.5, 0.6) is 0 Å². The lowest BCUT2D eigenvalue weighted by atomic mass is 10.2. The van der Waals surface area contributed by atoms with Gasteiger partial charge in [-0.1, -0.05) is 43.5 Å². The molecule has 0 aliphatic rings. The van der Waals surface area contributed by atoms with E-state index in [4.69, 9.17) is 4.42 Å². The molecule has 4 rings (SSSR count). The van der Waals surface area contributed by atoms with Crippen molar-refractivity contribution in [3.63, 3.8) is 0 Å². The average molecular weight is 286 g/mol. The van der Waals surface area contributed by atoms with Gasteiger partial charge in [-0.2, -0.15) is 0 Å². The number of nitrogens with zero attached hydrogens (tertiary/aromatic N) is 2. The van der Waals surface area contributed by atoms with Gasteiger partial charge in [0.15, 0.2) is 0 Å². The molecule has 0 aliphatic heterocycles. The van der Waals surface area contributed by atoms with E-state index in [1.807, 2.05) is 59.2 Å². The van der Waals surface area contributed by atoms with Crippen LogP contribution in [0, 0.1) is 0 Å². The summed E-state index contributed by atoms with van der Waals surface area (Å²) in [7, 11) is 0. The molecule has 0 amide bonds. The van der Waals surface area contributed by atoms with Crippen LogP contribution in [0.2, 0.25) is 0 Å². The zero-order chi connectivity index (χ0) is 15.1. The van der Waals surface area contributed by atoms with E-state index in [9.17, 15) is 0 Å². The van der Waals surface area contributed by atoms with Gasteiger partial charge in [0.2, 0.25) is 0 Å². The van der Waals surface area contributed by atoms with E-state index in [0.29, 0.717) is 0 Å². The van der Waals surface area contributed by atoms with E-state index in [1.165, 1.54) is 0 Å². The third-order valence-corrected chi connectivity index (χ3v) is 3.79. The Kier molecular flexibility index (Phi) is 2.73. The van der Waals surface area contributed by atoms with Gasteiger partial charge in [0, 0.05) is 22.4 Å². The number of hydrogen-bond acceptors (Lipinski definition) is 2. The summed E-state index contributed by atoms with van der Waals surface area (Å²) in [6.45, 7) is 8.25. The first-order valence-electron chi connectivity index (χ1n) is 7.03. The van der Waals surface area contributed by atoms with Crippen LogP contribution in [0.1, 0.15) is 0 Å². The zero-order valence-corrected chi connectivity index (χ0v) is 12.0. The maximum absolute atomic E-state index is 5.87. The molecule has 0 N–H and O–H groups in total. The number of furan rings is 1. The van der Waals surface area contributed by atoms with Crippen molar-refractivity contribution in [2.45, 2.75) is 0 Å². The van der Waals surface area contributed by atoms with Gasteiger partial charge in [0.25, 0.3) is 0 Å². The fraction of sp³-hybridized carbons (Fsp3) is 0. The van der Waals surface area contributed by atoms with Gasteiger partial charge in [0.05, 0.1) is 11.0 Å². The lowest BCUT2D eigenvalue weighted by Gasteiger charge is -2.01. The standard InChI is InChI=1S/C19H14N2O/c1-13(21-12-20-16-8-4-5-9-17(16)21)11-19-14(2)15-7-3-6-10-18(15)22-19/h3-12H,1-2H2/b19-11+. The van der Waals surface area contributed by atoms with Gasteiger partial charge >= 0.3 is 0 Å². The first-order valence-corrected chi connectivity index (χ1v) is 7.03. The first-order chi connectivity index (χ1) is 10.7. The molecule has 0 spiro atoms. The number of aromatic nitrogens is 2. The number of hydrogen-bond donors (Lipinski definition) is 0. The van der Waals surface area contributed by atoms with Gasteiger partial charge in [0.1, 0.15) is 17.3 Å². The normalized spacial score (nSPS) is 12.3. The molecule has 3 heteroatoms. The minimum absolute atomic E-state index is 0.726. The Bertz CT molecular complexity index is 1120. The summed E-state index contributed by atoms with van der Waals surface area (Å²) >= 11 is 0. The van der Waals surface area contributed by atoms with Crippen LogP contribution >= 0.6 is 0 Å². The molecule has 3 nitrogen and oxygen atoms in total. The second-order valence-corrected chi connectivity index (χ2v) is 5.18. The topological polar surface area (TPSA) is 31.0 Å². The highest BCUT2D eigenvalue weighted by Crippen LogP contribution is 2.16. The van der Waals surface area contributed by atoms with Crippen LogP contribution in [0.3, 0.4) is 0 Å². The Morgan fingerprint density at radius 2 is 1.86 bits per heavy atom. The van der Waals surface area contributed by atoms with Crippen LogP contribution in [-0.2, 0) is 0 Å². The Labute approximate surface area is 127 Å². The summed E-state index contributed by atoms with van der Waals surface area (Å²) in [6.07, 6.45) is 3.67. The summed E-state index contributed by atoms with van der Waals surface area (Å²) in [5, 5.41) is 1.90. The highest BCUT2D eigenvalue weighted by molar-refractivity contribution is 5.86. The van der Waals surface area contributed by atoms with E-state index in [1.54, 1.807) is 6.33 Å². The zero-order valence-electron chi connectivity index (χ0n) is 12.0. The molecule has 0 unspecified atom stereocenters. The van der Waals surface area contributed by atoms with Crippen LogP contribution in [-0.4, -0.2) is 9.55 Å². The maximum atomic E-state index is 5.87.